The molecule has 8 heteroatoms. The molecular formula is C21H23N7S. The van der Waals surface area contributed by atoms with Gasteiger partial charge in [-0.05, 0) is 57.5 Å². The van der Waals surface area contributed by atoms with Crippen LogP contribution in [0.15, 0.2) is 36.7 Å². The van der Waals surface area contributed by atoms with Crippen LogP contribution in [-0.2, 0) is 6.54 Å². The zero-order valence-electron chi connectivity index (χ0n) is 16.6. The molecular weight excluding hydrogens is 382 g/mol. The summed E-state index contributed by atoms with van der Waals surface area (Å²) >= 11 is 1.58. The van der Waals surface area contributed by atoms with E-state index in [1.54, 1.807) is 17.5 Å². The summed E-state index contributed by atoms with van der Waals surface area (Å²) < 4.78 is 2.89. The lowest BCUT2D eigenvalue weighted by Crippen LogP contribution is -2.20. The number of aryl methyl sites for hydroxylation is 2. The minimum absolute atomic E-state index is 0.745. The first kappa shape index (κ1) is 18.2. The van der Waals surface area contributed by atoms with Crippen molar-refractivity contribution in [3.63, 3.8) is 0 Å². The Morgan fingerprint density at radius 1 is 1.07 bits per heavy atom. The Morgan fingerprint density at radius 3 is 2.72 bits per heavy atom. The Bertz CT molecular complexity index is 1160. The normalized spacial score (nSPS) is 14.7. The van der Waals surface area contributed by atoms with E-state index in [0.717, 1.165) is 44.9 Å². The van der Waals surface area contributed by atoms with E-state index in [4.69, 9.17) is 9.97 Å². The third kappa shape index (κ3) is 3.73. The molecule has 0 unspecified atom stereocenters. The summed E-state index contributed by atoms with van der Waals surface area (Å²) in [5.41, 5.74) is 4.32. The fourth-order valence-corrected chi connectivity index (χ4v) is 4.57. The van der Waals surface area contributed by atoms with Crippen molar-refractivity contribution in [2.24, 2.45) is 0 Å². The van der Waals surface area contributed by atoms with Gasteiger partial charge < -0.3 is 5.32 Å². The highest BCUT2D eigenvalue weighted by molar-refractivity contribution is 7.20. The molecule has 4 aromatic rings. The Labute approximate surface area is 173 Å². The number of hydrogen-bond donors (Lipinski definition) is 1. The van der Waals surface area contributed by atoms with Gasteiger partial charge in [-0.1, -0.05) is 17.4 Å². The molecule has 5 heterocycles. The highest BCUT2D eigenvalue weighted by Crippen LogP contribution is 2.27. The minimum atomic E-state index is 0.745. The Kier molecular flexibility index (Phi) is 4.73. The van der Waals surface area contributed by atoms with E-state index in [2.05, 4.69) is 33.3 Å². The van der Waals surface area contributed by atoms with Crippen molar-refractivity contribution >= 4 is 33.2 Å². The van der Waals surface area contributed by atoms with Gasteiger partial charge >= 0.3 is 0 Å². The standard InChI is InChI=1S/C21H23N7S/c1-14-5-6-19(24-17(14)13-27-9-3-4-10-27)26-20-11-16-18(12-22-20)29-21(25-16)28-15(2)7-8-23-28/h5-8,11-12H,3-4,9-10,13H2,1-2H3,(H,22,24,26). The van der Waals surface area contributed by atoms with Crippen molar-refractivity contribution < 1.29 is 0 Å². The quantitative estimate of drug-likeness (QED) is 0.536. The molecule has 1 aliphatic heterocycles. The molecule has 7 nitrogen and oxygen atoms in total. The second-order valence-electron chi connectivity index (χ2n) is 7.49. The Balaban J connectivity index is 1.39. The molecule has 0 radical (unpaired) electrons. The van der Waals surface area contributed by atoms with Gasteiger partial charge in [0.05, 0.1) is 15.9 Å². The molecule has 1 saturated heterocycles. The molecule has 1 N–H and O–H groups in total. The Morgan fingerprint density at radius 2 is 1.93 bits per heavy atom. The van der Waals surface area contributed by atoms with Crippen molar-refractivity contribution in [1.29, 1.82) is 0 Å². The van der Waals surface area contributed by atoms with Gasteiger partial charge in [0.2, 0.25) is 5.13 Å². The number of anilines is 2. The number of rotatable bonds is 5. The van der Waals surface area contributed by atoms with Crippen molar-refractivity contribution in [3.05, 3.63) is 53.6 Å². The van der Waals surface area contributed by atoms with Gasteiger partial charge in [-0.25, -0.2) is 19.6 Å². The number of nitrogens with zero attached hydrogens (tertiary/aromatic N) is 6. The van der Waals surface area contributed by atoms with Gasteiger partial charge in [-0.3, -0.25) is 4.90 Å². The van der Waals surface area contributed by atoms with Crippen molar-refractivity contribution in [1.82, 2.24) is 29.6 Å². The first-order chi connectivity index (χ1) is 14.2. The van der Waals surface area contributed by atoms with Crippen molar-refractivity contribution in [2.75, 3.05) is 18.4 Å². The molecule has 0 aliphatic carbocycles. The highest BCUT2D eigenvalue weighted by atomic mass is 32.1. The maximum Gasteiger partial charge on any atom is 0.211 e. The van der Waals surface area contributed by atoms with Crippen LogP contribution in [0.2, 0.25) is 0 Å². The molecule has 29 heavy (non-hydrogen) atoms. The van der Waals surface area contributed by atoms with Crippen LogP contribution in [-0.4, -0.2) is 42.7 Å². The first-order valence-electron chi connectivity index (χ1n) is 9.89. The Hall–Kier alpha value is -2.84. The molecule has 1 fully saturated rings. The lowest BCUT2D eigenvalue weighted by Gasteiger charge is -2.16. The molecule has 0 aromatic carbocycles. The second kappa shape index (κ2) is 7.53. The van der Waals surface area contributed by atoms with Gasteiger partial charge in [0, 0.05) is 30.7 Å². The predicted octanol–water partition coefficient (Wildman–Crippen LogP) is 4.23. The lowest BCUT2D eigenvalue weighted by molar-refractivity contribution is 0.326. The third-order valence-corrected chi connectivity index (χ3v) is 6.29. The molecule has 0 atom stereocenters. The fourth-order valence-electron chi connectivity index (χ4n) is 3.64. The number of fused-ring (bicyclic) bond motifs is 1. The second-order valence-corrected chi connectivity index (χ2v) is 8.50. The van der Waals surface area contributed by atoms with Crippen molar-refractivity contribution in [3.8, 4) is 5.13 Å². The van der Waals surface area contributed by atoms with E-state index < -0.39 is 0 Å². The molecule has 0 amide bonds. The van der Waals surface area contributed by atoms with Crippen LogP contribution in [0, 0.1) is 13.8 Å². The number of likely N-dealkylation sites (tertiary alicyclic amines) is 1. The van der Waals surface area contributed by atoms with Crippen LogP contribution in [0.4, 0.5) is 11.6 Å². The smallest absolute Gasteiger partial charge is 0.211 e. The van der Waals surface area contributed by atoms with E-state index in [1.165, 1.54) is 31.5 Å². The maximum atomic E-state index is 4.84. The summed E-state index contributed by atoms with van der Waals surface area (Å²) in [5, 5.41) is 8.54. The lowest BCUT2D eigenvalue weighted by atomic mass is 10.2. The maximum absolute atomic E-state index is 4.84. The van der Waals surface area contributed by atoms with Gasteiger partial charge in [0.1, 0.15) is 11.6 Å². The summed E-state index contributed by atoms with van der Waals surface area (Å²) in [5.74, 6) is 1.56. The van der Waals surface area contributed by atoms with Crippen LogP contribution in [0.5, 0.6) is 0 Å². The largest absolute Gasteiger partial charge is 0.325 e. The van der Waals surface area contributed by atoms with E-state index in [1.807, 2.05) is 36.0 Å². The highest BCUT2D eigenvalue weighted by Gasteiger charge is 2.15. The molecule has 5 rings (SSSR count). The van der Waals surface area contributed by atoms with Crippen LogP contribution in [0.1, 0.15) is 29.8 Å². The van der Waals surface area contributed by atoms with E-state index in [9.17, 15) is 0 Å². The third-order valence-electron chi connectivity index (χ3n) is 5.31. The predicted molar refractivity (Wildman–Crippen MR) is 116 cm³/mol. The van der Waals surface area contributed by atoms with Crippen LogP contribution in [0.3, 0.4) is 0 Å². The SMILES string of the molecule is Cc1ccc(Nc2cc3nc(-n4nccc4C)sc3cn2)nc1CN1CCCC1. The minimum Gasteiger partial charge on any atom is -0.325 e. The summed E-state index contributed by atoms with van der Waals surface area (Å²) in [4.78, 5) is 16.6. The van der Waals surface area contributed by atoms with E-state index in [-0.39, 0.29) is 0 Å². The number of aromatic nitrogens is 5. The molecule has 0 bridgehead atoms. The zero-order valence-corrected chi connectivity index (χ0v) is 17.4. The molecule has 1 aliphatic rings. The summed E-state index contributed by atoms with van der Waals surface area (Å²) in [7, 11) is 0. The van der Waals surface area contributed by atoms with E-state index >= 15 is 0 Å². The topological polar surface area (TPSA) is 71.8 Å². The number of hydrogen-bond acceptors (Lipinski definition) is 7. The average molecular weight is 406 g/mol. The van der Waals surface area contributed by atoms with Crippen LogP contribution < -0.4 is 5.32 Å². The average Bonchev–Trinajstić information content (AvgIpc) is 3.44. The number of nitrogens with one attached hydrogen (secondary N) is 1. The zero-order chi connectivity index (χ0) is 19.8. The summed E-state index contributed by atoms with van der Waals surface area (Å²) in [6.45, 7) is 7.39. The molecule has 0 saturated carbocycles. The number of pyridine rings is 2. The number of thiazole rings is 1. The fraction of sp³-hybridized carbons (Fsp3) is 0.333. The van der Waals surface area contributed by atoms with Gasteiger partial charge in [0.25, 0.3) is 0 Å². The van der Waals surface area contributed by atoms with Crippen molar-refractivity contribution in [2.45, 2.75) is 33.2 Å². The van der Waals surface area contributed by atoms with Gasteiger partial charge in [-0.15, -0.1) is 0 Å². The molecule has 0 spiro atoms. The van der Waals surface area contributed by atoms with E-state index in [0.29, 0.717) is 0 Å². The van der Waals surface area contributed by atoms with Crippen LogP contribution >= 0.6 is 11.3 Å². The van der Waals surface area contributed by atoms with Crippen LogP contribution in [0.25, 0.3) is 15.3 Å². The monoisotopic (exact) mass is 405 g/mol. The first-order valence-corrected chi connectivity index (χ1v) is 10.7. The molecule has 4 aromatic heterocycles. The van der Waals surface area contributed by atoms with Gasteiger partial charge in [0.15, 0.2) is 0 Å². The van der Waals surface area contributed by atoms with Gasteiger partial charge in [-0.2, -0.15) is 5.10 Å². The summed E-state index contributed by atoms with van der Waals surface area (Å²) in [6.07, 6.45) is 6.22. The summed E-state index contributed by atoms with van der Waals surface area (Å²) in [6, 6.07) is 8.07. The molecule has 148 valence electrons.